The van der Waals surface area contributed by atoms with Gasteiger partial charge in [-0.3, -0.25) is 9.59 Å². The summed E-state index contributed by atoms with van der Waals surface area (Å²) in [6.07, 6.45) is 7.45. The molecule has 0 aromatic heterocycles. The quantitative estimate of drug-likeness (QED) is 0.203. The number of nitrogens with one attached hydrogen (secondary N) is 2. The molecular weight excluding hydrogens is 478 g/mol. The van der Waals surface area contributed by atoms with Crippen LogP contribution in [0.25, 0.3) is 0 Å². The summed E-state index contributed by atoms with van der Waals surface area (Å²) in [6, 6.07) is 24.7. The van der Waals surface area contributed by atoms with E-state index >= 15 is 0 Å². The highest BCUT2D eigenvalue weighted by Crippen LogP contribution is 2.13. The van der Waals surface area contributed by atoms with E-state index in [9.17, 15) is 14.4 Å². The minimum Gasteiger partial charge on any atom is -0.335 e. The van der Waals surface area contributed by atoms with Crippen LogP contribution in [0, 0.1) is 0 Å². The molecule has 0 atom stereocenters. The Morgan fingerprint density at radius 2 is 1.29 bits per heavy atom. The average Bonchev–Trinajstić information content (AvgIpc) is 2.94. The highest BCUT2D eigenvalue weighted by molar-refractivity contribution is 5.93. The van der Waals surface area contributed by atoms with E-state index in [4.69, 9.17) is 10.6 Å². The Balaban J connectivity index is 1.33. The largest absolute Gasteiger partial charge is 0.362 e. The van der Waals surface area contributed by atoms with Crippen LogP contribution in [0.4, 0.5) is 5.69 Å². The first kappa shape index (κ1) is 28.6. The molecule has 38 heavy (non-hydrogen) atoms. The Bertz CT molecular complexity index is 1150. The van der Waals surface area contributed by atoms with E-state index in [1.807, 2.05) is 30.3 Å². The van der Waals surface area contributed by atoms with Crippen molar-refractivity contribution in [3.05, 3.63) is 101 Å². The maximum Gasteiger partial charge on any atom is 0.362 e. The number of benzene rings is 3. The Labute approximate surface area is 224 Å². The fraction of sp³-hybridized carbons (Fsp3) is 0.323. The highest BCUT2D eigenvalue weighted by atomic mass is 16.7. The number of hydrogen-bond donors (Lipinski definition) is 3. The number of nitrogens with two attached hydrogens (primary N) is 1. The highest BCUT2D eigenvalue weighted by Gasteiger charge is 2.11. The second kappa shape index (κ2) is 16.0. The molecule has 4 N–H and O–H groups in total. The van der Waals surface area contributed by atoms with Crippen molar-refractivity contribution >= 4 is 23.5 Å². The van der Waals surface area contributed by atoms with Crippen LogP contribution in [0.5, 0.6) is 0 Å². The van der Waals surface area contributed by atoms with Gasteiger partial charge in [0.25, 0.3) is 5.91 Å². The van der Waals surface area contributed by atoms with E-state index in [2.05, 4.69) is 35.1 Å². The van der Waals surface area contributed by atoms with Crippen LogP contribution in [-0.2, 0) is 33.7 Å². The summed E-state index contributed by atoms with van der Waals surface area (Å²) in [7, 11) is 0. The number of hydroxylamine groups is 1. The molecule has 7 nitrogen and oxygen atoms in total. The molecule has 0 saturated heterocycles. The van der Waals surface area contributed by atoms with Crippen molar-refractivity contribution in [2.75, 3.05) is 11.9 Å². The van der Waals surface area contributed by atoms with Gasteiger partial charge in [-0.15, -0.1) is 0 Å². The lowest BCUT2D eigenvalue weighted by atomic mass is 10.0. The van der Waals surface area contributed by atoms with Crippen LogP contribution >= 0.6 is 0 Å². The zero-order chi connectivity index (χ0) is 27.0. The second-order valence-corrected chi connectivity index (χ2v) is 9.33. The topological polar surface area (TPSA) is 111 Å². The van der Waals surface area contributed by atoms with E-state index in [1.54, 1.807) is 12.1 Å². The Morgan fingerprint density at radius 3 is 1.95 bits per heavy atom. The molecule has 3 aromatic carbocycles. The molecule has 7 heteroatoms. The average molecular weight is 516 g/mol. The molecule has 0 aliphatic carbocycles. The fourth-order valence-electron chi connectivity index (χ4n) is 4.03. The third kappa shape index (κ3) is 10.6. The van der Waals surface area contributed by atoms with Crippen LogP contribution < -0.4 is 16.5 Å². The van der Waals surface area contributed by atoms with Gasteiger partial charge in [0.05, 0.1) is 12.0 Å². The van der Waals surface area contributed by atoms with Gasteiger partial charge in [-0.1, -0.05) is 61.0 Å². The third-order valence-corrected chi connectivity index (χ3v) is 6.18. The van der Waals surface area contributed by atoms with Crippen molar-refractivity contribution in [2.24, 2.45) is 5.73 Å². The van der Waals surface area contributed by atoms with Crippen molar-refractivity contribution in [3.8, 4) is 0 Å². The van der Waals surface area contributed by atoms with Gasteiger partial charge >= 0.3 is 5.97 Å². The number of aryl methyl sites for hydroxylation is 2. The normalized spacial score (nSPS) is 10.6. The SMILES string of the molecule is NCCCCCC(=O)Nc1ccc(C(=O)ONC(=O)Cc2ccc(CCCCc3ccccc3)cc2)cc1. The van der Waals surface area contributed by atoms with Gasteiger partial charge in [-0.25, -0.2) is 4.79 Å². The molecule has 0 radical (unpaired) electrons. The van der Waals surface area contributed by atoms with Crippen LogP contribution in [0.3, 0.4) is 0 Å². The molecule has 2 amide bonds. The number of hydrogen-bond acceptors (Lipinski definition) is 5. The first-order valence-electron chi connectivity index (χ1n) is 13.3. The molecule has 0 bridgehead atoms. The van der Waals surface area contributed by atoms with Gasteiger partial charge in [-0.2, -0.15) is 5.48 Å². The van der Waals surface area contributed by atoms with Gasteiger partial charge in [0.2, 0.25) is 5.91 Å². The predicted molar refractivity (Wildman–Crippen MR) is 149 cm³/mol. The van der Waals surface area contributed by atoms with Gasteiger partial charge < -0.3 is 15.9 Å². The third-order valence-electron chi connectivity index (χ3n) is 6.18. The second-order valence-electron chi connectivity index (χ2n) is 9.33. The molecule has 0 fully saturated rings. The molecule has 0 spiro atoms. The van der Waals surface area contributed by atoms with E-state index in [1.165, 1.54) is 23.3 Å². The lowest BCUT2D eigenvalue weighted by Crippen LogP contribution is -2.28. The van der Waals surface area contributed by atoms with Crippen molar-refractivity contribution in [1.29, 1.82) is 0 Å². The van der Waals surface area contributed by atoms with Gasteiger partial charge in [-0.05, 0) is 86.0 Å². The van der Waals surface area contributed by atoms with Gasteiger partial charge in [0.1, 0.15) is 0 Å². The number of carbonyl (C=O) groups excluding carboxylic acids is 3. The number of unbranched alkanes of at least 4 members (excludes halogenated alkanes) is 3. The Kier molecular flexibility index (Phi) is 12.0. The van der Waals surface area contributed by atoms with E-state index in [0.29, 0.717) is 18.7 Å². The summed E-state index contributed by atoms with van der Waals surface area (Å²) >= 11 is 0. The minimum atomic E-state index is -0.677. The van der Waals surface area contributed by atoms with Crippen molar-refractivity contribution < 1.29 is 19.2 Å². The smallest absolute Gasteiger partial charge is 0.335 e. The summed E-state index contributed by atoms with van der Waals surface area (Å²) in [4.78, 5) is 41.4. The Morgan fingerprint density at radius 1 is 0.658 bits per heavy atom. The zero-order valence-electron chi connectivity index (χ0n) is 21.8. The molecule has 0 unspecified atom stereocenters. The van der Waals surface area contributed by atoms with E-state index < -0.39 is 11.9 Å². The molecule has 3 rings (SSSR count). The summed E-state index contributed by atoms with van der Waals surface area (Å²) in [6.45, 7) is 0.628. The fourth-order valence-corrected chi connectivity index (χ4v) is 4.03. The first-order valence-corrected chi connectivity index (χ1v) is 13.3. The monoisotopic (exact) mass is 515 g/mol. The number of amides is 2. The van der Waals surface area contributed by atoms with Gasteiger partial charge in [0, 0.05) is 12.1 Å². The Hall–Kier alpha value is -3.97. The predicted octanol–water partition coefficient (Wildman–Crippen LogP) is 5.14. The molecule has 0 heterocycles. The molecule has 3 aromatic rings. The first-order chi connectivity index (χ1) is 18.5. The molecular formula is C31H37N3O4. The maximum absolute atomic E-state index is 12.3. The van der Waals surface area contributed by atoms with E-state index in [0.717, 1.165) is 50.5 Å². The van der Waals surface area contributed by atoms with Crippen LogP contribution in [-0.4, -0.2) is 24.3 Å². The summed E-state index contributed by atoms with van der Waals surface area (Å²) < 4.78 is 0. The minimum absolute atomic E-state index is 0.0827. The lowest BCUT2D eigenvalue weighted by molar-refractivity contribution is -0.129. The standard InChI is InChI=1S/C31H37N3O4/c32-22-8-2-5-13-29(35)33-28-20-18-27(19-21-28)31(37)38-34-30(36)23-26-16-14-25(15-17-26)12-7-6-11-24-9-3-1-4-10-24/h1,3-4,9-10,14-21H,2,5-8,11-13,22-23,32H2,(H,33,35)(H,34,36). The van der Waals surface area contributed by atoms with Crippen LogP contribution in [0.1, 0.15) is 65.6 Å². The van der Waals surface area contributed by atoms with Gasteiger partial charge in [0.15, 0.2) is 0 Å². The van der Waals surface area contributed by atoms with Crippen molar-refractivity contribution in [3.63, 3.8) is 0 Å². The molecule has 200 valence electrons. The zero-order valence-corrected chi connectivity index (χ0v) is 21.8. The summed E-state index contributed by atoms with van der Waals surface area (Å²) in [5.74, 6) is -1.17. The summed E-state index contributed by atoms with van der Waals surface area (Å²) in [5, 5.41) is 2.80. The number of anilines is 1. The number of carbonyl (C=O) groups is 3. The molecule has 0 aliphatic rings. The lowest BCUT2D eigenvalue weighted by Gasteiger charge is -2.08. The van der Waals surface area contributed by atoms with Crippen molar-refractivity contribution in [1.82, 2.24) is 5.48 Å². The van der Waals surface area contributed by atoms with Crippen molar-refractivity contribution in [2.45, 2.75) is 57.8 Å². The van der Waals surface area contributed by atoms with Crippen LogP contribution in [0.15, 0.2) is 78.9 Å². The maximum atomic E-state index is 12.3. The number of rotatable bonds is 14. The summed E-state index contributed by atoms with van der Waals surface area (Å²) in [5.41, 5.74) is 12.0. The molecule has 0 saturated carbocycles. The van der Waals surface area contributed by atoms with E-state index in [-0.39, 0.29) is 17.9 Å². The van der Waals surface area contributed by atoms with Crippen LogP contribution in [0.2, 0.25) is 0 Å². The molecule has 0 aliphatic heterocycles.